The molecule has 6 heteroatoms. The van der Waals surface area contributed by atoms with Crippen LogP contribution in [0.2, 0.25) is 0 Å². The molecule has 0 aromatic heterocycles. The molecule has 1 saturated heterocycles. The number of benzene rings is 1. The van der Waals surface area contributed by atoms with Gasteiger partial charge < -0.3 is 9.64 Å². The van der Waals surface area contributed by atoms with Gasteiger partial charge in [-0.3, -0.25) is 9.59 Å². The molecule has 0 spiro atoms. The Morgan fingerprint density at radius 1 is 1.26 bits per heavy atom. The molecule has 1 aromatic rings. The van der Waals surface area contributed by atoms with Crippen molar-refractivity contribution in [3.05, 3.63) is 35.4 Å². The van der Waals surface area contributed by atoms with Crippen LogP contribution in [-0.4, -0.2) is 28.9 Å². The smallest absolute Gasteiger partial charge is 0.308 e. The van der Waals surface area contributed by atoms with Crippen LogP contribution in [0.25, 0.3) is 0 Å². The lowest BCUT2D eigenvalue weighted by Gasteiger charge is -2.28. The lowest BCUT2D eigenvalue weighted by molar-refractivity contribution is -0.154. The highest BCUT2D eigenvalue weighted by Gasteiger charge is 2.34. The van der Waals surface area contributed by atoms with E-state index < -0.39 is 11.6 Å². The summed E-state index contributed by atoms with van der Waals surface area (Å²) in [6.45, 7) is -0.0240. The number of likely N-dealkylation sites (tertiary alicyclic amines) is 1. The summed E-state index contributed by atoms with van der Waals surface area (Å²) >= 11 is 0. The van der Waals surface area contributed by atoms with E-state index in [0.29, 0.717) is 12.8 Å². The van der Waals surface area contributed by atoms with Crippen molar-refractivity contribution in [2.75, 3.05) is 0 Å². The van der Waals surface area contributed by atoms with Crippen molar-refractivity contribution in [2.24, 2.45) is 0 Å². The van der Waals surface area contributed by atoms with E-state index in [0.717, 1.165) is 25.3 Å². The van der Waals surface area contributed by atoms with Crippen molar-refractivity contribution < 1.29 is 23.1 Å². The number of ether oxygens (including phenoxy) is 1. The molecule has 4 nitrogen and oxygen atoms in total. The molecule has 1 saturated carbocycles. The minimum atomic E-state index is -0.942. The zero-order chi connectivity index (χ0) is 16.4. The lowest BCUT2D eigenvalue weighted by Crippen LogP contribution is -2.36. The van der Waals surface area contributed by atoms with Crippen molar-refractivity contribution in [3.8, 4) is 0 Å². The molecule has 2 aliphatic rings. The highest BCUT2D eigenvalue weighted by atomic mass is 19.2. The Morgan fingerprint density at radius 3 is 2.74 bits per heavy atom. The molecule has 0 N–H and O–H groups in total. The van der Waals surface area contributed by atoms with Crippen molar-refractivity contribution in [3.63, 3.8) is 0 Å². The Bertz CT molecular complexity index is 616. The number of carbonyl (C=O) groups is 2. The zero-order valence-electron chi connectivity index (χ0n) is 12.8. The second-order valence-corrected chi connectivity index (χ2v) is 6.17. The van der Waals surface area contributed by atoms with Crippen LogP contribution in [0, 0.1) is 11.6 Å². The van der Waals surface area contributed by atoms with Crippen LogP contribution in [0.15, 0.2) is 18.2 Å². The minimum absolute atomic E-state index is 0.00807. The van der Waals surface area contributed by atoms with E-state index in [-0.39, 0.29) is 42.6 Å². The standard InChI is InChI=1S/C17H19F2NO3/c18-14-6-1-3-11(17(14)19)10-20-12(7-8-15(20)21)9-16(22)23-13-4-2-5-13/h1,3,6,12-13H,2,4-5,7-10H2. The largest absolute Gasteiger partial charge is 0.462 e. The van der Waals surface area contributed by atoms with Crippen LogP contribution in [0.3, 0.4) is 0 Å². The molecular formula is C17H19F2NO3. The number of halogens is 2. The summed E-state index contributed by atoms with van der Waals surface area (Å²) in [5.41, 5.74) is 0.123. The lowest BCUT2D eigenvalue weighted by atomic mass is 9.96. The third kappa shape index (κ3) is 3.51. The fourth-order valence-corrected chi connectivity index (χ4v) is 2.99. The van der Waals surface area contributed by atoms with Crippen molar-refractivity contribution in [2.45, 2.75) is 57.2 Å². The molecule has 1 aromatic carbocycles. The van der Waals surface area contributed by atoms with Gasteiger partial charge >= 0.3 is 5.97 Å². The maximum absolute atomic E-state index is 13.8. The van der Waals surface area contributed by atoms with Gasteiger partial charge in [0.15, 0.2) is 11.6 Å². The summed E-state index contributed by atoms with van der Waals surface area (Å²) < 4.78 is 32.4. The average molecular weight is 323 g/mol. The van der Waals surface area contributed by atoms with Gasteiger partial charge in [0.05, 0.1) is 6.42 Å². The molecule has 1 aliphatic carbocycles. The zero-order valence-corrected chi connectivity index (χ0v) is 12.8. The summed E-state index contributed by atoms with van der Waals surface area (Å²) in [6, 6.07) is 3.60. The monoisotopic (exact) mass is 323 g/mol. The third-order valence-corrected chi connectivity index (χ3v) is 4.58. The molecule has 2 fully saturated rings. The van der Waals surface area contributed by atoms with E-state index in [9.17, 15) is 18.4 Å². The highest BCUT2D eigenvalue weighted by Crippen LogP contribution is 2.27. The quantitative estimate of drug-likeness (QED) is 0.783. The van der Waals surface area contributed by atoms with Crippen LogP contribution in [0.1, 0.15) is 44.1 Å². The SMILES string of the molecule is O=C(CC1CCC(=O)N1Cc1cccc(F)c1F)OC1CCC1. The summed E-state index contributed by atoms with van der Waals surface area (Å²) in [7, 11) is 0. The van der Waals surface area contributed by atoms with E-state index in [4.69, 9.17) is 4.74 Å². The van der Waals surface area contributed by atoms with Gasteiger partial charge in [-0.05, 0) is 31.7 Å². The van der Waals surface area contributed by atoms with Crippen molar-refractivity contribution in [1.82, 2.24) is 4.90 Å². The van der Waals surface area contributed by atoms with E-state index >= 15 is 0 Å². The van der Waals surface area contributed by atoms with Gasteiger partial charge in [-0.2, -0.15) is 0 Å². The average Bonchev–Trinajstić information content (AvgIpc) is 2.81. The molecule has 1 unspecified atom stereocenters. The Hall–Kier alpha value is -1.98. The van der Waals surface area contributed by atoms with E-state index in [1.54, 1.807) is 0 Å². The van der Waals surface area contributed by atoms with Gasteiger partial charge in [-0.15, -0.1) is 0 Å². The number of amides is 1. The molecule has 0 bridgehead atoms. The first-order valence-electron chi connectivity index (χ1n) is 7.96. The molecule has 3 rings (SSSR count). The third-order valence-electron chi connectivity index (χ3n) is 4.58. The maximum Gasteiger partial charge on any atom is 0.308 e. The number of carbonyl (C=O) groups excluding carboxylic acids is 2. The Labute approximate surface area is 133 Å². The Morgan fingerprint density at radius 2 is 2.04 bits per heavy atom. The van der Waals surface area contributed by atoms with E-state index in [1.165, 1.54) is 17.0 Å². The first kappa shape index (κ1) is 15.9. The number of esters is 1. The molecule has 1 amide bonds. The second-order valence-electron chi connectivity index (χ2n) is 6.17. The number of hydrogen-bond donors (Lipinski definition) is 0. The van der Waals surface area contributed by atoms with E-state index in [1.807, 2.05) is 0 Å². The van der Waals surface area contributed by atoms with Gasteiger partial charge in [0.2, 0.25) is 5.91 Å². The highest BCUT2D eigenvalue weighted by molar-refractivity contribution is 5.80. The predicted molar refractivity (Wildman–Crippen MR) is 78.3 cm³/mol. The molecule has 23 heavy (non-hydrogen) atoms. The number of hydrogen-bond acceptors (Lipinski definition) is 3. The summed E-state index contributed by atoms with van der Waals surface area (Å²) in [5.74, 6) is -2.34. The Kier molecular flexibility index (Phi) is 4.59. The maximum atomic E-state index is 13.8. The first-order valence-corrected chi connectivity index (χ1v) is 7.96. The molecule has 0 radical (unpaired) electrons. The first-order chi connectivity index (χ1) is 11.0. The molecular weight excluding hydrogens is 304 g/mol. The summed E-state index contributed by atoms with van der Waals surface area (Å²) in [4.78, 5) is 25.4. The number of nitrogens with zero attached hydrogens (tertiary/aromatic N) is 1. The van der Waals surface area contributed by atoms with Gasteiger partial charge in [0.25, 0.3) is 0 Å². The molecule has 1 aliphatic heterocycles. The number of rotatable bonds is 5. The van der Waals surface area contributed by atoms with Crippen LogP contribution in [-0.2, 0) is 20.9 Å². The second kappa shape index (κ2) is 6.64. The van der Waals surface area contributed by atoms with Gasteiger partial charge in [0, 0.05) is 24.6 Å². The van der Waals surface area contributed by atoms with Crippen LogP contribution in [0.4, 0.5) is 8.78 Å². The molecule has 124 valence electrons. The van der Waals surface area contributed by atoms with Crippen molar-refractivity contribution in [1.29, 1.82) is 0 Å². The Balaban J connectivity index is 1.64. The molecule has 1 atom stereocenters. The van der Waals surface area contributed by atoms with Gasteiger partial charge in [0.1, 0.15) is 6.10 Å². The fraction of sp³-hybridized carbons (Fsp3) is 0.529. The summed E-state index contributed by atoms with van der Waals surface area (Å²) in [5, 5.41) is 0. The van der Waals surface area contributed by atoms with E-state index in [2.05, 4.69) is 0 Å². The normalized spacial score (nSPS) is 21.4. The fourth-order valence-electron chi connectivity index (χ4n) is 2.99. The minimum Gasteiger partial charge on any atom is -0.462 e. The molecule has 1 heterocycles. The topological polar surface area (TPSA) is 46.6 Å². The van der Waals surface area contributed by atoms with Crippen LogP contribution >= 0.6 is 0 Å². The van der Waals surface area contributed by atoms with Gasteiger partial charge in [-0.25, -0.2) is 8.78 Å². The van der Waals surface area contributed by atoms with Crippen LogP contribution < -0.4 is 0 Å². The van der Waals surface area contributed by atoms with Crippen molar-refractivity contribution >= 4 is 11.9 Å². The summed E-state index contributed by atoms with van der Waals surface area (Å²) in [6.07, 6.45) is 3.84. The van der Waals surface area contributed by atoms with Gasteiger partial charge in [-0.1, -0.05) is 12.1 Å². The predicted octanol–water partition coefficient (Wildman–Crippen LogP) is 2.94. The van der Waals surface area contributed by atoms with Crippen LogP contribution in [0.5, 0.6) is 0 Å².